The molecule has 0 atom stereocenters. The van der Waals surface area contributed by atoms with Gasteiger partial charge in [0.2, 0.25) is 5.66 Å². The van der Waals surface area contributed by atoms with E-state index < -0.39 is 5.66 Å². The molecule has 4 aromatic rings. The largest absolute Gasteiger partial charge is 0.351 e. The average Bonchev–Trinajstić information content (AvgIpc) is 2.98. The standard InChI is InChI=1S/C25H18FN3O/c26-19-11-3-1-7-17(19)15-29-22-14-4-2-10-18(22)25(24(29)30)27-20-12-5-8-16-9-6-13-21(28-25)23(16)20/h1-14,27-28H,15H2. The van der Waals surface area contributed by atoms with Crippen molar-refractivity contribution in [3.63, 3.8) is 0 Å². The van der Waals surface area contributed by atoms with Crippen molar-refractivity contribution in [2.24, 2.45) is 0 Å². The number of hydrogen-bond acceptors (Lipinski definition) is 3. The van der Waals surface area contributed by atoms with Crippen molar-refractivity contribution in [1.29, 1.82) is 0 Å². The Bertz CT molecular complexity index is 1290. The Morgan fingerprint density at radius 2 is 1.47 bits per heavy atom. The van der Waals surface area contributed by atoms with Gasteiger partial charge in [-0.1, -0.05) is 60.7 Å². The number of halogens is 1. The van der Waals surface area contributed by atoms with Crippen LogP contribution in [-0.4, -0.2) is 5.91 Å². The van der Waals surface area contributed by atoms with E-state index in [1.54, 1.807) is 23.1 Å². The van der Waals surface area contributed by atoms with Crippen LogP contribution >= 0.6 is 0 Å². The Labute approximate surface area is 172 Å². The van der Waals surface area contributed by atoms with Crippen LogP contribution in [0.4, 0.5) is 21.5 Å². The highest BCUT2D eigenvalue weighted by Crippen LogP contribution is 2.48. The summed E-state index contributed by atoms with van der Waals surface area (Å²) in [7, 11) is 0. The van der Waals surface area contributed by atoms with Crippen molar-refractivity contribution in [1.82, 2.24) is 0 Å². The first-order valence-corrected chi connectivity index (χ1v) is 9.90. The van der Waals surface area contributed by atoms with Gasteiger partial charge in [0.05, 0.1) is 12.2 Å². The third kappa shape index (κ3) is 2.23. The molecule has 5 heteroatoms. The zero-order valence-corrected chi connectivity index (χ0v) is 16.0. The monoisotopic (exact) mass is 395 g/mol. The number of benzene rings is 4. The maximum atomic E-state index is 14.4. The molecule has 0 bridgehead atoms. The van der Waals surface area contributed by atoms with Crippen LogP contribution < -0.4 is 15.5 Å². The van der Waals surface area contributed by atoms with E-state index in [2.05, 4.69) is 22.8 Å². The molecule has 0 saturated heterocycles. The van der Waals surface area contributed by atoms with Crippen LogP contribution in [-0.2, 0) is 17.0 Å². The van der Waals surface area contributed by atoms with E-state index in [0.29, 0.717) is 5.56 Å². The third-order valence-electron chi connectivity index (χ3n) is 6.00. The summed E-state index contributed by atoms with van der Waals surface area (Å²) < 4.78 is 14.4. The lowest BCUT2D eigenvalue weighted by Crippen LogP contribution is -2.53. The van der Waals surface area contributed by atoms with Gasteiger partial charge in [0.1, 0.15) is 5.82 Å². The maximum Gasteiger partial charge on any atom is 0.278 e. The number of anilines is 3. The number of rotatable bonds is 2. The van der Waals surface area contributed by atoms with Crippen molar-refractivity contribution in [3.05, 3.63) is 102 Å². The molecule has 0 unspecified atom stereocenters. The van der Waals surface area contributed by atoms with Crippen molar-refractivity contribution >= 4 is 33.7 Å². The second-order valence-electron chi connectivity index (χ2n) is 7.71. The highest BCUT2D eigenvalue weighted by molar-refractivity contribution is 6.16. The molecule has 1 amide bonds. The first-order chi connectivity index (χ1) is 14.7. The zero-order chi connectivity index (χ0) is 20.3. The molecule has 146 valence electrons. The van der Waals surface area contributed by atoms with Crippen molar-refractivity contribution in [2.45, 2.75) is 12.2 Å². The fourth-order valence-electron chi connectivity index (χ4n) is 4.63. The molecule has 2 N–H and O–H groups in total. The van der Waals surface area contributed by atoms with Gasteiger partial charge in [-0.3, -0.25) is 4.79 Å². The van der Waals surface area contributed by atoms with Crippen LogP contribution in [0.15, 0.2) is 84.9 Å². The summed E-state index contributed by atoms with van der Waals surface area (Å²) in [6.07, 6.45) is 0. The Morgan fingerprint density at radius 3 is 2.20 bits per heavy atom. The Morgan fingerprint density at radius 1 is 0.800 bits per heavy atom. The lowest BCUT2D eigenvalue weighted by atomic mass is 9.94. The van der Waals surface area contributed by atoms with E-state index in [9.17, 15) is 9.18 Å². The van der Waals surface area contributed by atoms with Crippen LogP contribution in [0, 0.1) is 5.82 Å². The minimum Gasteiger partial charge on any atom is -0.351 e. The molecule has 4 aromatic carbocycles. The summed E-state index contributed by atoms with van der Waals surface area (Å²) in [6.45, 7) is 0.166. The van der Waals surface area contributed by atoms with Gasteiger partial charge in [0.25, 0.3) is 5.91 Å². The smallest absolute Gasteiger partial charge is 0.278 e. The van der Waals surface area contributed by atoms with Gasteiger partial charge in [-0.15, -0.1) is 0 Å². The fourth-order valence-corrected chi connectivity index (χ4v) is 4.63. The van der Waals surface area contributed by atoms with E-state index >= 15 is 0 Å². The van der Waals surface area contributed by atoms with Gasteiger partial charge < -0.3 is 15.5 Å². The Kier molecular flexibility index (Phi) is 3.45. The Balaban J connectivity index is 1.51. The maximum absolute atomic E-state index is 14.4. The number of nitrogens with zero attached hydrogens (tertiary/aromatic N) is 1. The number of para-hydroxylation sites is 1. The molecular formula is C25H18FN3O. The Hall–Kier alpha value is -3.86. The summed E-state index contributed by atoms with van der Waals surface area (Å²) in [5.41, 5.74) is 2.76. The first kappa shape index (κ1) is 17.0. The molecule has 2 aliphatic heterocycles. The lowest BCUT2D eigenvalue weighted by Gasteiger charge is -2.37. The molecule has 0 radical (unpaired) electrons. The van der Waals surface area contributed by atoms with E-state index in [-0.39, 0.29) is 18.3 Å². The van der Waals surface area contributed by atoms with Crippen molar-refractivity contribution in [3.8, 4) is 0 Å². The first-order valence-electron chi connectivity index (χ1n) is 9.90. The summed E-state index contributed by atoms with van der Waals surface area (Å²) in [5, 5.41) is 9.11. The zero-order valence-electron chi connectivity index (χ0n) is 16.0. The van der Waals surface area contributed by atoms with Gasteiger partial charge >= 0.3 is 0 Å². The van der Waals surface area contributed by atoms with E-state index in [1.165, 1.54) is 6.07 Å². The minimum atomic E-state index is -1.13. The number of carbonyl (C=O) groups is 1. The number of nitrogens with one attached hydrogen (secondary N) is 2. The lowest BCUT2D eigenvalue weighted by molar-refractivity contribution is -0.121. The summed E-state index contributed by atoms with van der Waals surface area (Å²) in [6, 6.07) is 26.3. The highest BCUT2D eigenvalue weighted by atomic mass is 19.1. The molecule has 0 saturated carbocycles. The number of carbonyl (C=O) groups excluding carboxylic acids is 1. The molecule has 2 aliphatic rings. The quantitative estimate of drug-likeness (QED) is 0.489. The topological polar surface area (TPSA) is 44.4 Å². The van der Waals surface area contributed by atoms with Crippen LogP contribution in [0.2, 0.25) is 0 Å². The van der Waals surface area contributed by atoms with Crippen LogP contribution in [0.25, 0.3) is 10.8 Å². The van der Waals surface area contributed by atoms with Gasteiger partial charge in [-0.25, -0.2) is 4.39 Å². The molecule has 30 heavy (non-hydrogen) atoms. The van der Waals surface area contributed by atoms with E-state index in [1.807, 2.05) is 48.5 Å². The third-order valence-corrected chi connectivity index (χ3v) is 6.00. The molecule has 4 nitrogen and oxygen atoms in total. The molecule has 0 fully saturated rings. The summed E-state index contributed by atoms with van der Waals surface area (Å²) in [4.78, 5) is 15.5. The molecule has 0 aliphatic carbocycles. The normalized spacial score (nSPS) is 15.8. The minimum absolute atomic E-state index is 0.154. The number of amides is 1. The average molecular weight is 395 g/mol. The predicted octanol–water partition coefficient (Wildman–Crippen LogP) is 5.22. The fraction of sp³-hybridized carbons (Fsp3) is 0.0800. The second kappa shape index (κ2) is 6.07. The van der Waals surface area contributed by atoms with Crippen molar-refractivity contribution < 1.29 is 9.18 Å². The number of hydrogen-bond donors (Lipinski definition) is 2. The van der Waals surface area contributed by atoms with Crippen LogP contribution in [0.1, 0.15) is 11.1 Å². The molecule has 6 rings (SSSR count). The SMILES string of the molecule is O=C1N(Cc2ccccc2F)c2ccccc2C12Nc1cccc3cccc(c13)N2. The second-order valence-corrected chi connectivity index (χ2v) is 7.71. The highest BCUT2D eigenvalue weighted by Gasteiger charge is 2.53. The predicted molar refractivity (Wildman–Crippen MR) is 117 cm³/mol. The molecule has 2 heterocycles. The molecule has 0 aromatic heterocycles. The van der Waals surface area contributed by atoms with E-state index in [4.69, 9.17) is 0 Å². The van der Waals surface area contributed by atoms with E-state index in [0.717, 1.165) is 33.4 Å². The van der Waals surface area contributed by atoms with Crippen LogP contribution in [0.5, 0.6) is 0 Å². The van der Waals surface area contributed by atoms with Gasteiger partial charge in [0, 0.05) is 27.9 Å². The van der Waals surface area contributed by atoms with Gasteiger partial charge in [-0.05, 0) is 29.7 Å². The van der Waals surface area contributed by atoms with Gasteiger partial charge in [0.15, 0.2) is 0 Å². The summed E-state index contributed by atoms with van der Waals surface area (Å²) in [5.74, 6) is -0.470. The van der Waals surface area contributed by atoms with Crippen molar-refractivity contribution in [2.75, 3.05) is 15.5 Å². The molecular weight excluding hydrogens is 377 g/mol. The van der Waals surface area contributed by atoms with Crippen LogP contribution in [0.3, 0.4) is 0 Å². The summed E-state index contributed by atoms with van der Waals surface area (Å²) >= 11 is 0. The number of fused-ring (bicyclic) bond motifs is 2. The van der Waals surface area contributed by atoms with Gasteiger partial charge in [-0.2, -0.15) is 0 Å². The molecule has 1 spiro atoms.